The molecule has 0 aliphatic heterocycles. The molecule has 0 amide bonds. The predicted octanol–water partition coefficient (Wildman–Crippen LogP) is 15.9. The van der Waals surface area contributed by atoms with Gasteiger partial charge in [-0.3, -0.25) is 14.4 Å². The molecular formula is C50H96O6. The van der Waals surface area contributed by atoms with Crippen molar-refractivity contribution in [2.24, 2.45) is 5.92 Å². The third-order valence-electron chi connectivity index (χ3n) is 11.7. The molecule has 0 N–H and O–H groups in total. The van der Waals surface area contributed by atoms with Gasteiger partial charge in [-0.1, -0.05) is 240 Å². The van der Waals surface area contributed by atoms with E-state index in [-0.39, 0.29) is 31.1 Å². The van der Waals surface area contributed by atoms with Crippen LogP contribution in [0.25, 0.3) is 0 Å². The average molecular weight is 793 g/mol. The smallest absolute Gasteiger partial charge is 0.306 e. The number of hydrogen-bond acceptors (Lipinski definition) is 6. The van der Waals surface area contributed by atoms with Crippen LogP contribution in [0.3, 0.4) is 0 Å². The van der Waals surface area contributed by atoms with Crippen LogP contribution in [0.5, 0.6) is 0 Å². The summed E-state index contributed by atoms with van der Waals surface area (Å²) in [5, 5.41) is 0. The van der Waals surface area contributed by atoms with Crippen molar-refractivity contribution in [2.75, 3.05) is 13.2 Å². The Morgan fingerprint density at radius 1 is 0.357 bits per heavy atom. The molecule has 6 nitrogen and oxygen atoms in total. The number of carbonyl (C=O) groups is 3. The molecule has 0 rings (SSSR count). The minimum Gasteiger partial charge on any atom is -0.462 e. The van der Waals surface area contributed by atoms with Gasteiger partial charge >= 0.3 is 17.9 Å². The number of unbranched alkanes of at least 4 members (excludes halogenated alkanes) is 31. The first-order valence-corrected chi connectivity index (χ1v) is 24.9. The molecule has 0 radical (unpaired) electrons. The van der Waals surface area contributed by atoms with E-state index in [1.807, 2.05) is 0 Å². The third kappa shape index (κ3) is 42.0. The monoisotopic (exact) mass is 793 g/mol. The van der Waals surface area contributed by atoms with Crippen LogP contribution in [0.15, 0.2) is 0 Å². The number of rotatable bonds is 45. The molecule has 0 saturated heterocycles. The van der Waals surface area contributed by atoms with Gasteiger partial charge in [0.2, 0.25) is 0 Å². The molecule has 0 spiro atoms. The SMILES string of the molecule is CCCCCCCCCCCCCCCCCCCCCC(=O)OC[C@@H](COC(=O)CCCCCCCCCCC(C)CC)OC(=O)CCCCCCCCC. The van der Waals surface area contributed by atoms with Crippen LogP contribution in [-0.4, -0.2) is 37.2 Å². The highest BCUT2D eigenvalue weighted by Gasteiger charge is 2.19. The first-order valence-electron chi connectivity index (χ1n) is 24.9. The van der Waals surface area contributed by atoms with Crippen LogP contribution in [0.4, 0.5) is 0 Å². The predicted molar refractivity (Wildman–Crippen MR) is 238 cm³/mol. The van der Waals surface area contributed by atoms with Crippen molar-refractivity contribution in [2.45, 2.75) is 284 Å². The summed E-state index contributed by atoms with van der Waals surface area (Å²) in [4.78, 5) is 37.7. The van der Waals surface area contributed by atoms with Crippen LogP contribution >= 0.6 is 0 Å². The first kappa shape index (κ1) is 54.4. The second-order valence-corrected chi connectivity index (χ2v) is 17.3. The first-order chi connectivity index (χ1) is 27.4. The normalized spacial score (nSPS) is 12.4. The summed E-state index contributed by atoms with van der Waals surface area (Å²) < 4.78 is 16.7. The molecular weight excluding hydrogens is 697 g/mol. The van der Waals surface area contributed by atoms with E-state index < -0.39 is 6.10 Å². The maximum atomic E-state index is 12.6. The molecule has 6 heteroatoms. The third-order valence-corrected chi connectivity index (χ3v) is 11.7. The number of hydrogen-bond donors (Lipinski definition) is 0. The molecule has 0 aliphatic carbocycles. The zero-order chi connectivity index (χ0) is 41.0. The largest absolute Gasteiger partial charge is 0.462 e. The standard InChI is InChI=1S/C50H96O6/c1-5-8-10-12-14-15-16-17-18-19-20-21-22-23-24-25-30-33-37-41-48(51)54-44-47(56-50(53)43-39-35-28-13-11-9-6-2)45-55-49(52)42-38-34-31-27-26-29-32-36-40-46(4)7-3/h46-47H,5-45H2,1-4H3/t46?,47-/m0/s1. The van der Waals surface area contributed by atoms with Crippen molar-refractivity contribution in [3.63, 3.8) is 0 Å². The van der Waals surface area contributed by atoms with Crippen LogP contribution in [0.2, 0.25) is 0 Å². The van der Waals surface area contributed by atoms with Crippen LogP contribution in [0.1, 0.15) is 278 Å². The molecule has 0 aromatic carbocycles. The van der Waals surface area contributed by atoms with Gasteiger partial charge in [0.25, 0.3) is 0 Å². The highest BCUT2D eigenvalue weighted by Crippen LogP contribution is 2.17. The van der Waals surface area contributed by atoms with Crippen molar-refractivity contribution in [3.05, 3.63) is 0 Å². The fourth-order valence-electron chi connectivity index (χ4n) is 7.48. The Hall–Kier alpha value is -1.59. The zero-order valence-corrected chi connectivity index (χ0v) is 38.1. The summed E-state index contributed by atoms with van der Waals surface area (Å²) in [6.45, 7) is 8.98. The molecule has 0 aliphatic rings. The van der Waals surface area contributed by atoms with Crippen molar-refractivity contribution >= 4 is 17.9 Å². The molecule has 0 fully saturated rings. The zero-order valence-electron chi connectivity index (χ0n) is 38.1. The van der Waals surface area contributed by atoms with Crippen LogP contribution < -0.4 is 0 Å². The summed E-state index contributed by atoms with van der Waals surface area (Å²) >= 11 is 0. The Labute approximate surface area is 348 Å². The average Bonchev–Trinajstić information content (AvgIpc) is 3.19. The van der Waals surface area contributed by atoms with E-state index in [9.17, 15) is 14.4 Å². The van der Waals surface area contributed by atoms with E-state index in [0.29, 0.717) is 19.3 Å². The van der Waals surface area contributed by atoms with E-state index >= 15 is 0 Å². The quantitative estimate of drug-likeness (QED) is 0.0347. The van der Waals surface area contributed by atoms with Gasteiger partial charge < -0.3 is 14.2 Å². The fraction of sp³-hybridized carbons (Fsp3) is 0.940. The maximum absolute atomic E-state index is 12.6. The molecule has 0 aromatic rings. The number of carbonyl (C=O) groups excluding carboxylic acids is 3. The summed E-state index contributed by atoms with van der Waals surface area (Å²) in [6, 6.07) is 0. The lowest BCUT2D eigenvalue weighted by molar-refractivity contribution is -0.167. The van der Waals surface area contributed by atoms with Gasteiger partial charge in [-0.05, 0) is 25.2 Å². The summed E-state index contributed by atoms with van der Waals surface area (Å²) in [5.41, 5.74) is 0. The van der Waals surface area contributed by atoms with E-state index in [2.05, 4.69) is 27.7 Å². The molecule has 2 atom stereocenters. The van der Waals surface area contributed by atoms with E-state index in [4.69, 9.17) is 14.2 Å². The molecule has 332 valence electrons. The van der Waals surface area contributed by atoms with Gasteiger partial charge in [0.15, 0.2) is 6.10 Å². The van der Waals surface area contributed by atoms with Crippen molar-refractivity contribution < 1.29 is 28.6 Å². The maximum Gasteiger partial charge on any atom is 0.306 e. The number of ether oxygens (including phenoxy) is 3. The van der Waals surface area contributed by atoms with Gasteiger partial charge in [0.05, 0.1) is 0 Å². The lowest BCUT2D eigenvalue weighted by atomic mass is 9.99. The van der Waals surface area contributed by atoms with Crippen LogP contribution in [0, 0.1) is 5.92 Å². The van der Waals surface area contributed by atoms with Crippen LogP contribution in [-0.2, 0) is 28.6 Å². The Morgan fingerprint density at radius 2 is 0.625 bits per heavy atom. The molecule has 0 aromatic heterocycles. The van der Waals surface area contributed by atoms with E-state index in [1.54, 1.807) is 0 Å². The topological polar surface area (TPSA) is 78.9 Å². The number of esters is 3. The Morgan fingerprint density at radius 3 is 0.929 bits per heavy atom. The minimum atomic E-state index is -0.759. The lowest BCUT2D eigenvalue weighted by Gasteiger charge is -2.18. The van der Waals surface area contributed by atoms with Gasteiger partial charge in [0, 0.05) is 19.3 Å². The summed E-state index contributed by atoms with van der Waals surface area (Å²) in [5.74, 6) is -0.00927. The van der Waals surface area contributed by atoms with Crippen molar-refractivity contribution in [3.8, 4) is 0 Å². The highest BCUT2D eigenvalue weighted by atomic mass is 16.6. The summed E-state index contributed by atoms with van der Waals surface area (Å²) in [6.07, 6.45) is 45.3. The Bertz CT molecular complexity index is 843. The highest BCUT2D eigenvalue weighted by molar-refractivity contribution is 5.71. The van der Waals surface area contributed by atoms with Gasteiger partial charge in [0.1, 0.15) is 13.2 Å². The Balaban J connectivity index is 4.15. The van der Waals surface area contributed by atoms with Crippen molar-refractivity contribution in [1.82, 2.24) is 0 Å². The Kier molecular flexibility index (Phi) is 43.2. The van der Waals surface area contributed by atoms with Crippen molar-refractivity contribution in [1.29, 1.82) is 0 Å². The molecule has 1 unspecified atom stereocenters. The van der Waals surface area contributed by atoms with Gasteiger partial charge in [-0.25, -0.2) is 0 Å². The molecule has 0 saturated carbocycles. The minimum absolute atomic E-state index is 0.0641. The second-order valence-electron chi connectivity index (χ2n) is 17.3. The molecule has 56 heavy (non-hydrogen) atoms. The molecule has 0 bridgehead atoms. The molecule has 0 heterocycles. The second kappa shape index (κ2) is 44.5. The van der Waals surface area contributed by atoms with E-state index in [0.717, 1.165) is 63.7 Å². The lowest BCUT2D eigenvalue weighted by Crippen LogP contribution is -2.30. The van der Waals surface area contributed by atoms with Gasteiger partial charge in [-0.15, -0.1) is 0 Å². The van der Waals surface area contributed by atoms with E-state index in [1.165, 1.54) is 173 Å². The fourth-order valence-corrected chi connectivity index (χ4v) is 7.48. The summed E-state index contributed by atoms with van der Waals surface area (Å²) in [7, 11) is 0. The van der Waals surface area contributed by atoms with Gasteiger partial charge in [-0.2, -0.15) is 0 Å².